The molecule has 1 aromatic heterocycles. The molecule has 1 aromatic carbocycles. The van der Waals surface area contributed by atoms with Crippen molar-refractivity contribution in [2.24, 2.45) is 0 Å². The second-order valence-electron chi connectivity index (χ2n) is 5.08. The zero-order chi connectivity index (χ0) is 13.9. The molecule has 1 aliphatic rings. The van der Waals surface area contributed by atoms with E-state index in [2.05, 4.69) is 51.1 Å². The van der Waals surface area contributed by atoms with Crippen molar-refractivity contribution in [3.63, 3.8) is 0 Å². The van der Waals surface area contributed by atoms with Crippen molar-refractivity contribution >= 4 is 0 Å². The van der Waals surface area contributed by atoms with E-state index >= 15 is 0 Å². The van der Waals surface area contributed by atoms with E-state index in [1.807, 2.05) is 6.92 Å². The van der Waals surface area contributed by atoms with Gasteiger partial charge in [-0.15, -0.1) is 10.2 Å². The Morgan fingerprint density at radius 3 is 3.10 bits per heavy atom. The number of hydrogen-bond donors (Lipinski definition) is 2. The molecule has 0 bridgehead atoms. The predicted octanol–water partition coefficient (Wildman–Crippen LogP) is 1.94. The first kappa shape index (κ1) is 13.1. The van der Waals surface area contributed by atoms with Gasteiger partial charge in [0.25, 0.3) is 0 Å². The van der Waals surface area contributed by atoms with Crippen LogP contribution in [0, 0.1) is 0 Å². The van der Waals surface area contributed by atoms with E-state index in [9.17, 15) is 0 Å². The second kappa shape index (κ2) is 5.58. The Morgan fingerprint density at radius 2 is 2.35 bits per heavy atom. The van der Waals surface area contributed by atoms with Crippen LogP contribution in [0.2, 0.25) is 0 Å². The summed E-state index contributed by atoms with van der Waals surface area (Å²) >= 11 is 0. The van der Waals surface area contributed by atoms with Crippen molar-refractivity contribution in [1.29, 1.82) is 0 Å². The van der Waals surface area contributed by atoms with Gasteiger partial charge in [-0.25, -0.2) is 0 Å². The van der Waals surface area contributed by atoms with Crippen molar-refractivity contribution in [3.8, 4) is 5.75 Å². The van der Waals surface area contributed by atoms with Crippen LogP contribution in [0.25, 0.3) is 0 Å². The number of fused-ring (bicyclic) bond motifs is 1. The molecule has 0 spiro atoms. The Labute approximate surface area is 117 Å². The first-order valence-electron chi connectivity index (χ1n) is 7.03. The highest BCUT2D eigenvalue weighted by Gasteiger charge is 2.19. The lowest BCUT2D eigenvalue weighted by atomic mass is 10.00. The SMILES string of the molecule is CCC(NC(C)c1nn[nH]n1)c1ccc2c(c1)CCO2. The molecular weight excluding hydrogens is 254 g/mol. The Hall–Kier alpha value is -1.95. The first-order chi connectivity index (χ1) is 9.78. The minimum absolute atomic E-state index is 0.0585. The zero-order valence-electron chi connectivity index (χ0n) is 11.8. The van der Waals surface area contributed by atoms with Gasteiger partial charge >= 0.3 is 0 Å². The van der Waals surface area contributed by atoms with Gasteiger partial charge in [-0.1, -0.05) is 24.3 Å². The Bertz CT molecular complexity index is 569. The summed E-state index contributed by atoms with van der Waals surface area (Å²) in [6.07, 6.45) is 2.00. The number of rotatable bonds is 5. The van der Waals surface area contributed by atoms with Crippen molar-refractivity contribution in [3.05, 3.63) is 35.2 Å². The van der Waals surface area contributed by atoms with Crippen LogP contribution in [-0.4, -0.2) is 27.2 Å². The van der Waals surface area contributed by atoms with Gasteiger partial charge in [-0.3, -0.25) is 0 Å². The number of benzene rings is 1. The normalized spacial score (nSPS) is 16.5. The van der Waals surface area contributed by atoms with Crippen LogP contribution >= 0.6 is 0 Å². The van der Waals surface area contributed by atoms with Crippen LogP contribution in [0.1, 0.15) is 49.3 Å². The molecule has 2 atom stereocenters. The van der Waals surface area contributed by atoms with Gasteiger partial charge in [-0.2, -0.15) is 5.21 Å². The summed E-state index contributed by atoms with van der Waals surface area (Å²) in [7, 11) is 0. The van der Waals surface area contributed by atoms with E-state index in [0.717, 1.165) is 25.2 Å². The third-order valence-corrected chi connectivity index (χ3v) is 3.72. The molecule has 6 nitrogen and oxygen atoms in total. The van der Waals surface area contributed by atoms with Crippen molar-refractivity contribution < 1.29 is 4.74 Å². The van der Waals surface area contributed by atoms with Gasteiger partial charge in [0, 0.05) is 12.5 Å². The van der Waals surface area contributed by atoms with E-state index in [4.69, 9.17) is 4.74 Å². The number of hydrogen-bond acceptors (Lipinski definition) is 5. The molecular formula is C14H19N5O. The minimum Gasteiger partial charge on any atom is -0.493 e. The second-order valence-corrected chi connectivity index (χ2v) is 5.08. The molecule has 2 unspecified atom stereocenters. The lowest BCUT2D eigenvalue weighted by molar-refractivity contribution is 0.356. The molecule has 6 heteroatoms. The zero-order valence-corrected chi connectivity index (χ0v) is 11.8. The quantitative estimate of drug-likeness (QED) is 0.870. The van der Waals surface area contributed by atoms with Crippen molar-refractivity contribution in [2.45, 2.75) is 38.8 Å². The molecule has 2 aromatic rings. The lowest BCUT2D eigenvalue weighted by Gasteiger charge is -2.21. The van der Waals surface area contributed by atoms with Gasteiger partial charge in [-0.05, 0) is 30.5 Å². The number of nitrogens with zero attached hydrogens (tertiary/aromatic N) is 3. The van der Waals surface area contributed by atoms with E-state index in [1.54, 1.807) is 0 Å². The summed E-state index contributed by atoms with van der Waals surface area (Å²) in [5.74, 6) is 1.71. The van der Waals surface area contributed by atoms with Crippen molar-refractivity contribution in [1.82, 2.24) is 25.9 Å². The van der Waals surface area contributed by atoms with Crippen LogP contribution in [0.3, 0.4) is 0 Å². The monoisotopic (exact) mass is 273 g/mol. The number of H-pyrrole nitrogens is 1. The summed E-state index contributed by atoms with van der Waals surface area (Å²) in [6.45, 7) is 5.01. The van der Waals surface area contributed by atoms with Gasteiger partial charge in [0.05, 0.1) is 12.6 Å². The molecule has 0 fully saturated rings. The standard InChI is InChI=1S/C14H19N5O/c1-3-12(15-9(2)14-16-18-19-17-14)10-4-5-13-11(8-10)6-7-20-13/h4-5,8-9,12,15H,3,6-7H2,1-2H3,(H,16,17,18,19). The van der Waals surface area contributed by atoms with E-state index < -0.39 is 0 Å². The fourth-order valence-electron chi connectivity index (χ4n) is 2.60. The fourth-order valence-corrected chi connectivity index (χ4v) is 2.60. The third kappa shape index (κ3) is 2.51. The van der Waals surface area contributed by atoms with E-state index in [-0.39, 0.29) is 12.1 Å². The summed E-state index contributed by atoms with van der Waals surface area (Å²) in [4.78, 5) is 0. The number of aromatic nitrogens is 4. The largest absolute Gasteiger partial charge is 0.493 e. The minimum atomic E-state index is 0.0585. The maximum absolute atomic E-state index is 5.55. The first-order valence-corrected chi connectivity index (χ1v) is 7.03. The van der Waals surface area contributed by atoms with Gasteiger partial charge < -0.3 is 10.1 Å². The molecule has 0 amide bonds. The Morgan fingerprint density at radius 1 is 1.45 bits per heavy atom. The summed E-state index contributed by atoms with van der Waals surface area (Å²) in [6, 6.07) is 6.78. The lowest BCUT2D eigenvalue weighted by Crippen LogP contribution is -2.25. The number of ether oxygens (including phenoxy) is 1. The average Bonchev–Trinajstić information content (AvgIpc) is 3.14. The summed E-state index contributed by atoms with van der Waals surface area (Å²) < 4.78 is 5.55. The van der Waals surface area contributed by atoms with Crippen LogP contribution < -0.4 is 10.1 Å². The molecule has 106 valence electrons. The van der Waals surface area contributed by atoms with Gasteiger partial charge in [0.2, 0.25) is 0 Å². The van der Waals surface area contributed by atoms with Gasteiger partial charge in [0.1, 0.15) is 5.75 Å². The Balaban J connectivity index is 1.76. The molecule has 0 saturated carbocycles. The highest BCUT2D eigenvalue weighted by molar-refractivity contribution is 5.40. The smallest absolute Gasteiger partial charge is 0.191 e. The topological polar surface area (TPSA) is 75.7 Å². The Kier molecular flexibility index (Phi) is 3.64. The number of aromatic amines is 1. The van der Waals surface area contributed by atoms with E-state index in [1.165, 1.54) is 11.1 Å². The summed E-state index contributed by atoms with van der Waals surface area (Å²) in [5, 5.41) is 17.7. The molecule has 3 rings (SSSR count). The van der Waals surface area contributed by atoms with Crippen molar-refractivity contribution in [2.75, 3.05) is 6.61 Å². The highest BCUT2D eigenvalue weighted by Crippen LogP contribution is 2.29. The summed E-state index contributed by atoms with van der Waals surface area (Å²) in [5.41, 5.74) is 2.59. The highest BCUT2D eigenvalue weighted by atomic mass is 16.5. The number of tetrazole rings is 1. The van der Waals surface area contributed by atoms with Crippen LogP contribution in [0.4, 0.5) is 0 Å². The fraction of sp³-hybridized carbons (Fsp3) is 0.500. The van der Waals surface area contributed by atoms with Gasteiger partial charge in [0.15, 0.2) is 5.82 Å². The van der Waals surface area contributed by atoms with Crippen LogP contribution in [-0.2, 0) is 6.42 Å². The third-order valence-electron chi connectivity index (χ3n) is 3.72. The maximum atomic E-state index is 5.55. The van der Waals surface area contributed by atoms with Crippen LogP contribution in [0.5, 0.6) is 5.75 Å². The molecule has 2 heterocycles. The van der Waals surface area contributed by atoms with Crippen LogP contribution in [0.15, 0.2) is 18.2 Å². The molecule has 20 heavy (non-hydrogen) atoms. The molecule has 0 saturated heterocycles. The average molecular weight is 273 g/mol. The number of nitrogens with one attached hydrogen (secondary N) is 2. The van der Waals surface area contributed by atoms with E-state index in [0.29, 0.717) is 5.82 Å². The molecule has 0 aliphatic carbocycles. The molecule has 1 aliphatic heterocycles. The predicted molar refractivity (Wildman–Crippen MR) is 74.4 cm³/mol. The molecule has 0 radical (unpaired) electrons. The maximum Gasteiger partial charge on any atom is 0.191 e. The molecule has 2 N–H and O–H groups in total.